The van der Waals surface area contributed by atoms with E-state index in [4.69, 9.17) is 4.42 Å². The normalized spacial score (nSPS) is 11.5. The van der Waals surface area contributed by atoms with Gasteiger partial charge in [-0.3, -0.25) is 10.1 Å². The van der Waals surface area contributed by atoms with E-state index >= 15 is 0 Å². The van der Waals surface area contributed by atoms with Gasteiger partial charge in [0.2, 0.25) is 0 Å². The Bertz CT molecular complexity index is 888. The van der Waals surface area contributed by atoms with Crippen molar-refractivity contribution < 1.29 is 22.4 Å². The second-order valence-corrected chi connectivity index (χ2v) is 7.28. The Morgan fingerprint density at radius 2 is 1.88 bits per heavy atom. The zero-order valence-corrected chi connectivity index (χ0v) is 14.3. The molecule has 3 aromatic rings. The van der Waals surface area contributed by atoms with Crippen molar-refractivity contribution in [2.45, 2.75) is 17.3 Å². The van der Waals surface area contributed by atoms with Crippen LogP contribution in [0.5, 0.6) is 0 Å². The number of hydrogen-bond acceptors (Lipinski definition) is 6. The van der Waals surface area contributed by atoms with Crippen LogP contribution in [0.3, 0.4) is 0 Å². The molecule has 2 heterocycles. The third kappa shape index (κ3) is 4.60. The van der Waals surface area contributed by atoms with Crippen molar-refractivity contribution in [3.8, 4) is 10.8 Å². The number of anilines is 1. The number of rotatable bonds is 4. The topological polar surface area (TPSA) is 68.0 Å². The molecule has 2 aromatic heterocycles. The molecular weight excluding hydrogens is 375 g/mol. The van der Waals surface area contributed by atoms with Gasteiger partial charge in [0.05, 0.1) is 4.88 Å². The van der Waals surface area contributed by atoms with Crippen LogP contribution in [0.2, 0.25) is 0 Å². The number of aromatic nitrogens is 2. The van der Waals surface area contributed by atoms with Gasteiger partial charge in [-0.25, -0.2) is 0 Å². The summed E-state index contributed by atoms with van der Waals surface area (Å²) in [5.41, 5.74) is -4.19. The molecule has 0 aliphatic rings. The molecule has 0 radical (unpaired) electrons. The molecule has 0 saturated carbocycles. The van der Waals surface area contributed by atoms with Gasteiger partial charge in [-0.2, -0.15) is 13.2 Å². The molecule has 10 heteroatoms. The van der Waals surface area contributed by atoms with Crippen LogP contribution in [0.4, 0.5) is 19.2 Å². The van der Waals surface area contributed by atoms with Crippen LogP contribution in [-0.4, -0.2) is 21.6 Å². The first-order valence-corrected chi connectivity index (χ1v) is 8.51. The molecule has 1 aromatic carbocycles. The van der Waals surface area contributed by atoms with E-state index in [2.05, 4.69) is 15.5 Å². The summed E-state index contributed by atoms with van der Waals surface area (Å²) in [6.45, 7) is 1.94. The second-order valence-electron chi connectivity index (χ2n) is 4.85. The second kappa shape index (κ2) is 6.89. The van der Waals surface area contributed by atoms with Crippen molar-refractivity contribution in [1.82, 2.24) is 10.2 Å². The SMILES string of the molecule is Cc1ccc(-c2nnc(NC(=O)c3ccc(SC(F)(F)F)cc3)o2)s1. The fourth-order valence-corrected chi connectivity index (χ4v) is 3.23. The highest BCUT2D eigenvalue weighted by atomic mass is 32.2. The molecule has 25 heavy (non-hydrogen) atoms. The number of benzene rings is 1. The smallest absolute Gasteiger partial charge is 0.402 e. The summed E-state index contributed by atoms with van der Waals surface area (Å²) in [4.78, 5) is 13.9. The Labute approximate surface area is 148 Å². The lowest BCUT2D eigenvalue weighted by Crippen LogP contribution is -2.12. The molecule has 0 fully saturated rings. The molecule has 0 atom stereocenters. The largest absolute Gasteiger partial charge is 0.446 e. The van der Waals surface area contributed by atoms with E-state index in [1.807, 2.05) is 19.1 Å². The van der Waals surface area contributed by atoms with Gasteiger partial charge in [0.1, 0.15) is 0 Å². The van der Waals surface area contributed by atoms with Gasteiger partial charge in [-0.15, -0.1) is 16.4 Å². The zero-order valence-electron chi connectivity index (χ0n) is 12.6. The van der Waals surface area contributed by atoms with Crippen LogP contribution >= 0.6 is 23.1 Å². The number of hydrogen-bond donors (Lipinski definition) is 1. The number of halogens is 3. The molecule has 0 spiro atoms. The number of alkyl halides is 3. The number of aryl methyl sites for hydroxylation is 1. The molecular formula is C15H10F3N3O2S2. The van der Waals surface area contributed by atoms with Gasteiger partial charge in [0.15, 0.2) is 0 Å². The molecule has 0 saturated heterocycles. The highest BCUT2D eigenvalue weighted by Gasteiger charge is 2.29. The summed E-state index contributed by atoms with van der Waals surface area (Å²) < 4.78 is 42.2. The first kappa shape index (κ1) is 17.5. The van der Waals surface area contributed by atoms with Gasteiger partial charge in [0.25, 0.3) is 11.8 Å². The third-order valence-electron chi connectivity index (χ3n) is 2.95. The van der Waals surface area contributed by atoms with Gasteiger partial charge in [0, 0.05) is 15.3 Å². The van der Waals surface area contributed by atoms with E-state index in [0.717, 1.165) is 9.75 Å². The van der Waals surface area contributed by atoms with Crippen molar-refractivity contribution in [2.75, 3.05) is 5.32 Å². The van der Waals surface area contributed by atoms with E-state index < -0.39 is 11.4 Å². The number of amides is 1. The lowest BCUT2D eigenvalue weighted by atomic mass is 10.2. The molecule has 0 unspecified atom stereocenters. The number of carbonyl (C=O) groups is 1. The highest BCUT2D eigenvalue weighted by molar-refractivity contribution is 8.00. The van der Waals surface area contributed by atoms with Crippen molar-refractivity contribution >= 4 is 35.0 Å². The summed E-state index contributed by atoms with van der Waals surface area (Å²) in [6.07, 6.45) is 0. The standard InChI is InChI=1S/C15H10F3N3O2S2/c1-8-2-7-11(24-8)13-20-21-14(23-13)19-12(22)9-3-5-10(6-4-9)25-15(16,17)18/h2-7H,1H3,(H,19,21,22). The minimum atomic E-state index is -4.37. The first-order valence-electron chi connectivity index (χ1n) is 6.88. The number of nitrogens with one attached hydrogen (secondary N) is 1. The van der Waals surface area contributed by atoms with Gasteiger partial charge < -0.3 is 4.42 Å². The summed E-state index contributed by atoms with van der Waals surface area (Å²) in [5, 5.41) is 10.0. The maximum Gasteiger partial charge on any atom is 0.446 e. The van der Waals surface area contributed by atoms with Crippen LogP contribution in [0.25, 0.3) is 10.8 Å². The third-order valence-corrected chi connectivity index (χ3v) is 4.67. The van der Waals surface area contributed by atoms with E-state index in [-0.39, 0.29) is 34.1 Å². The summed E-state index contributed by atoms with van der Waals surface area (Å²) in [6, 6.07) is 8.69. The Balaban J connectivity index is 1.67. The molecule has 0 aliphatic heterocycles. The zero-order chi connectivity index (χ0) is 18.0. The Morgan fingerprint density at radius 1 is 1.16 bits per heavy atom. The lowest BCUT2D eigenvalue weighted by Gasteiger charge is -2.06. The fourth-order valence-electron chi connectivity index (χ4n) is 1.90. The van der Waals surface area contributed by atoms with Gasteiger partial charge in [-0.1, -0.05) is 5.10 Å². The monoisotopic (exact) mass is 385 g/mol. The minimum Gasteiger partial charge on any atom is -0.402 e. The highest BCUT2D eigenvalue weighted by Crippen LogP contribution is 2.36. The van der Waals surface area contributed by atoms with Crippen molar-refractivity contribution in [1.29, 1.82) is 0 Å². The number of thioether (sulfide) groups is 1. The maximum atomic E-state index is 12.3. The molecule has 0 aliphatic carbocycles. The molecule has 130 valence electrons. The van der Waals surface area contributed by atoms with E-state index in [0.29, 0.717) is 0 Å². The predicted octanol–water partition coefficient (Wildman–Crippen LogP) is 4.97. The summed E-state index contributed by atoms with van der Waals surface area (Å²) in [5.74, 6) is -0.272. The lowest BCUT2D eigenvalue weighted by molar-refractivity contribution is -0.0328. The van der Waals surface area contributed by atoms with Gasteiger partial charge in [-0.05, 0) is 55.1 Å². The summed E-state index contributed by atoms with van der Waals surface area (Å²) in [7, 11) is 0. The Hall–Kier alpha value is -2.33. The van der Waals surface area contributed by atoms with Gasteiger partial charge >= 0.3 is 11.5 Å². The minimum absolute atomic E-state index is 0.00260. The van der Waals surface area contributed by atoms with Crippen LogP contribution in [0.1, 0.15) is 15.2 Å². The summed E-state index contributed by atoms with van der Waals surface area (Å²) >= 11 is 1.23. The molecule has 1 N–H and O–H groups in total. The molecule has 1 amide bonds. The molecule has 0 bridgehead atoms. The Morgan fingerprint density at radius 3 is 2.48 bits per heavy atom. The number of thiophene rings is 1. The van der Waals surface area contributed by atoms with Crippen molar-refractivity contribution in [3.63, 3.8) is 0 Å². The predicted molar refractivity (Wildman–Crippen MR) is 88.7 cm³/mol. The van der Waals surface area contributed by atoms with E-state index in [1.165, 1.54) is 35.6 Å². The average molecular weight is 385 g/mol. The fraction of sp³-hybridized carbons (Fsp3) is 0.133. The molecule has 5 nitrogen and oxygen atoms in total. The quantitative estimate of drug-likeness (QED) is 0.642. The van der Waals surface area contributed by atoms with Crippen LogP contribution in [0.15, 0.2) is 45.7 Å². The number of carbonyl (C=O) groups excluding carboxylic acids is 1. The van der Waals surface area contributed by atoms with Crippen LogP contribution in [0, 0.1) is 6.92 Å². The van der Waals surface area contributed by atoms with Crippen LogP contribution < -0.4 is 5.32 Å². The Kier molecular flexibility index (Phi) is 4.82. The maximum absolute atomic E-state index is 12.3. The van der Waals surface area contributed by atoms with E-state index in [1.54, 1.807) is 0 Å². The van der Waals surface area contributed by atoms with E-state index in [9.17, 15) is 18.0 Å². The van der Waals surface area contributed by atoms with Crippen molar-refractivity contribution in [3.05, 3.63) is 46.8 Å². The molecule has 3 rings (SSSR count). The van der Waals surface area contributed by atoms with Crippen LogP contribution in [-0.2, 0) is 0 Å². The van der Waals surface area contributed by atoms with Crippen molar-refractivity contribution in [2.24, 2.45) is 0 Å². The average Bonchev–Trinajstić information content (AvgIpc) is 3.15. The number of nitrogens with zero attached hydrogens (tertiary/aromatic N) is 2. The first-order chi connectivity index (χ1) is 11.8.